The zero-order valence-electron chi connectivity index (χ0n) is 10.2. The fraction of sp³-hybridized carbons (Fsp3) is 0.909. The van der Waals surface area contributed by atoms with Gasteiger partial charge in [-0.05, 0) is 20.9 Å². The Labute approximate surface area is 91.2 Å². The van der Waals surface area contributed by atoms with Crippen LogP contribution in [0.4, 0.5) is 0 Å². The highest BCUT2D eigenvalue weighted by molar-refractivity contribution is 5.77. The molecule has 0 radical (unpaired) electrons. The van der Waals surface area contributed by atoms with Gasteiger partial charge in [-0.25, -0.2) is 0 Å². The molecule has 1 heterocycles. The van der Waals surface area contributed by atoms with E-state index in [-0.39, 0.29) is 11.5 Å². The van der Waals surface area contributed by atoms with Crippen LogP contribution in [0.3, 0.4) is 0 Å². The molecule has 88 valence electrons. The molecule has 1 unspecified atom stereocenters. The molecule has 0 aromatic carbocycles. The SMILES string of the molecule is CN(C1COCC1(C)C)C(C)(C)C(=O)O. The molecule has 0 saturated carbocycles. The van der Waals surface area contributed by atoms with Gasteiger partial charge in [-0.3, -0.25) is 9.69 Å². The van der Waals surface area contributed by atoms with Crippen LogP contribution in [0.15, 0.2) is 0 Å². The molecule has 1 atom stereocenters. The lowest BCUT2D eigenvalue weighted by atomic mass is 9.84. The van der Waals surface area contributed by atoms with Crippen LogP contribution in [0, 0.1) is 5.41 Å². The monoisotopic (exact) mass is 215 g/mol. The Kier molecular flexibility index (Phi) is 3.12. The summed E-state index contributed by atoms with van der Waals surface area (Å²) in [4.78, 5) is 13.1. The minimum atomic E-state index is -0.852. The lowest BCUT2D eigenvalue weighted by Crippen LogP contribution is -2.56. The fourth-order valence-electron chi connectivity index (χ4n) is 1.93. The molecule has 0 aromatic rings. The highest BCUT2D eigenvalue weighted by atomic mass is 16.5. The maximum atomic E-state index is 11.1. The molecule has 1 N–H and O–H groups in total. The number of nitrogens with zero attached hydrogens (tertiary/aromatic N) is 1. The first-order valence-corrected chi connectivity index (χ1v) is 5.23. The highest BCUT2D eigenvalue weighted by Crippen LogP contribution is 2.34. The van der Waals surface area contributed by atoms with Crippen molar-refractivity contribution in [2.75, 3.05) is 20.3 Å². The summed E-state index contributed by atoms with van der Waals surface area (Å²) in [6.07, 6.45) is 0. The lowest BCUT2D eigenvalue weighted by Gasteiger charge is -2.41. The summed E-state index contributed by atoms with van der Waals surface area (Å²) in [7, 11) is 1.86. The van der Waals surface area contributed by atoms with Crippen molar-refractivity contribution in [3.05, 3.63) is 0 Å². The van der Waals surface area contributed by atoms with E-state index < -0.39 is 11.5 Å². The zero-order chi connectivity index (χ0) is 11.9. The van der Waals surface area contributed by atoms with Crippen LogP contribution in [0.25, 0.3) is 0 Å². The van der Waals surface area contributed by atoms with Crippen molar-refractivity contribution >= 4 is 5.97 Å². The van der Waals surface area contributed by atoms with Crippen LogP contribution >= 0.6 is 0 Å². The van der Waals surface area contributed by atoms with Gasteiger partial charge in [0, 0.05) is 11.5 Å². The first-order chi connectivity index (χ1) is 6.69. The number of carboxylic acid groups (broad SMARTS) is 1. The van der Waals surface area contributed by atoms with Crippen molar-refractivity contribution in [1.29, 1.82) is 0 Å². The standard InChI is InChI=1S/C11H21NO3/c1-10(2)7-15-6-8(10)12(5)11(3,4)9(13)14/h8H,6-7H2,1-5H3,(H,13,14). The highest BCUT2D eigenvalue weighted by Gasteiger charge is 2.45. The Bertz CT molecular complexity index is 261. The zero-order valence-corrected chi connectivity index (χ0v) is 10.2. The van der Waals surface area contributed by atoms with E-state index in [1.165, 1.54) is 0 Å². The predicted molar refractivity (Wildman–Crippen MR) is 57.9 cm³/mol. The second-order valence-corrected chi connectivity index (χ2v) is 5.49. The van der Waals surface area contributed by atoms with E-state index in [0.717, 1.165) is 0 Å². The van der Waals surface area contributed by atoms with Gasteiger partial charge in [-0.1, -0.05) is 13.8 Å². The van der Waals surface area contributed by atoms with Crippen molar-refractivity contribution < 1.29 is 14.6 Å². The van der Waals surface area contributed by atoms with Crippen LogP contribution in [0.2, 0.25) is 0 Å². The van der Waals surface area contributed by atoms with Crippen LogP contribution in [-0.4, -0.2) is 47.8 Å². The van der Waals surface area contributed by atoms with Gasteiger partial charge in [0.1, 0.15) is 5.54 Å². The molecule has 1 rings (SSSR count). The van der Waals surface area contributed by atoms with Crippen molar-refractivity contribution in [1.82, 2.24) is 4.90 Å². The Morgan fingerprint density at radius 1 is 1.53 bits per heavy atom. The number of ether oxygens (including phenoxy) is 1. The summed E-state index contributed by atoms with van der Waals surface area (Å²) in [5.74, 6) is -0.798. The predicted octanol–water partition coefficient (Wildman–Crippen LogP) is 1.21. The summed E-state index contributed by atoms with van der Waals surface area (Å²) in [5.41, 5.74) is -0.836. The average molecular weight is 215 g/mol. The maximum Gasteiger partial charge on any atom is 0.323 e. The Morgan fingerprint density at radius 2 is 2.07 bits per heavy atom. The molecule has 0 amide bonds. The summed E-state index contributed by atoms with van der Waals surface area (Å²) in [6.45, 7) is 8.98. The summed E-state index contributed by atoms with van der Waals surface area (Å²) in [6, 6.07) is 0.156. The molecule has 4 heteroatoms. The largest absolute Gasteiger partial charge is 0.480 e. The van der Waals surface area contributed by atoms with Crippen molar-refractivity contribution in [3.63, 3.8) is 0 Å². The second kappa shape index (κ2) is 3.76. The minimum absolute atomic E-state index is 0.0153. The molecule has 0 aliphatic carbocycles. The van der Waals surface area contributed by atoms with Crippen molar-refractivity contribution in [3.8, 4) is 0 Å². The van der Waals surface area contributed by atoms with Crippen molar-refractivity contribution in [2.45, 2.75) is 39.3 Å². The number of aliphatic carboxylic acids is 1. The van der Waals surface area contributed by atoms with Crippen LogP contribution < -0.4 is 0 Å². The quantitative estimate of drug-likeness (QED) is 0.768. The van der Waals surface area contributed by atoms with Gasteiger partial charge >= 0.3 is 5.97 Å². The topological polar surface area (TPSA) is 49.8 Å². The lowest BCUT2D eigenvalue weighted by molar-refractivity contribution is -0.150. The summed E-state index contributed by atoms with van der Waals surface area (Å²) < 4.78 is 5.43. The van der Waals surface area contributed by atoms with Crippen molar-refractivity contribution in [2.24, 2.45) is 5.41 Å². The van der Waals surface area contributed by atoms with E-state index >= 15 is 0 Å². The van der Waals surface area contributed by atoms with E-state index in [1.54, 1.807) is 13.8 Å². The number of rotatable bonds is 3. The first kappa shape index (κ1) is 12.5. The summed E-state index contributed by atoms with van der Waals surface area (Å²) >= 11 is 0. The molecular formula is C11H21NO3. The normalized spacial score (nSPS) is 25.9. The van der Waals surface area contributed by atoms with Gasteiger partial charge in [-0.2, -0.15) is 0 Å². The molecule has 0 aromatic heterocycles. The van der Waals surface area contributed by atoms with Gasteiger partial charge in [0.05, 0.1) is 13.2 Å². The molecule has 0 bridgehead atoms. The number of carboxylic acids is 1. The maximum absolute atomic E-state index is 11.1. The number of likely N-dealkylation sites (N-methyl/N-ethyl adjacent to an activating group) is 1. The first-order valence-electron chi connectivity index (χ1n) is 5.23. The van der Waals surface area contributed by atoms with Gasteiger partial charge < -0.3 is 9.84 Å². The molecule has 15 heavy (non-hydrogen) atoms. The number of hydrogen-bond donors (Lipinski definition) is 1. The third kappa shape index (κ3) is 2.16. The van der Waals surface area contributed by atoms with Gasteiger partial charge in [0.2, 0.25) is 0 Å². The number of hydrogen-bond acceptors (Lipinski definition) is 3. The smallest absolute Gasteiger partial charge is 0.323 e. The van der Waals surface area contributed by atoms with Crippen LogP contribution in [0.1, 0.15) is 27.7 Å². The third-order valence-electron chi connectivity index (χ3n) is 3.52. The van der Waals surface area contributed by atoms with E-state index in [0.29, 0.717) is 13.2 Å². The molecule has 1 aliphatic rings. The van der Waals surface area contributed by atoms with Gasteiger partial charge in [0.15, 0.2) is 0 Å². The van der Waals surface area contributed by atoms with E-state index in [4.69, 9.17) is 9.84 Å². The van der Waals surface area contributed by atoms with E-state index in [1.807, 2.05) is 11.9 Å². The Hall–Kier alpha value is -0.610. The third-order valence-corrected chi connectivity index (χ3v) is 3.52. The van der Waals surface area contributed by atoms with Crippen LogP contribution in [-0.2, 0) is 9.53 Å². The minimum Gasteiger partial charge on any atom is -0.480 e. The number of carbonyl (C=O) groups is 1. The fourth-order valence-corrected chi connectivity index (χ4v) is 1.93. The van der Waals surface area contributed by atoms with E-state index in [9.17, 15) is 4.79 Å². The summed E-state index contributed by atoms with van der Waals surface area (Å²) in [5, 5.41) is 9.16. The molecule has 4 nitrogen and oxygen atoms in total. The molecule has 0 spiro atoms. The molecule has 1 saturated heterocycles. The molecule has 1 fully saturated rings. The second-order valence-electron chi connectivity index (χ2n) is 5.49. The Morgan fingerprint density at radius 3 is 2.40 bits per heavy atom. The van der Waals surface area contributed by atoms with Crippen LogP contribution in [0.5, 0.6) is 0 Å². The molecule has 1 aliphatic heterocycles. The van der Waals surface area contributed by atoms with Gasteiger partial charge in [0.25, 0.3) is 0 Å². The Balaban J connectivity index is 2.85. The molecular weight excluding hydrogens is 194 g/mol. The average Bonchev–Trinajstić information content (AvgIpc) is 2.43. The van der Waals surface area contributed by atoms with Gasteiger partial charge in [-0.15, -0.1) is 0 Å². The van der Waals surface area contributed by atoms with E-state index in [2.05, 4.69) is 13.8 Å².